The Bertz CT molecular complexity index is 1280. The summed E-state index contributed by atoms with van der Waals surface area (Å²) < 4.78 is 16.2. The molecule has 0 aliphatic carbocycles. The van der Waals surface area contributed by atoms with Crippen molar-refractivity contribution in [2.75, 3.05) is 0 Å². The van der Waals surface area contributed by atoms with Gasteiger partial charge in [-0.1, -0.05) is 57.2 Å². The van der Waals surface area contributed by atoms with Gasteiger partial charge in [-0.05, 0) is 35.4 Å². The largest absolute Gasteiger partial charge is 0.338 e. The van der Waals surface area contributed by atoms with Crippen LogP contribution < -0.4 is 5.32 Å². The molecule has 4 rings (SSSR count). The zero-order valence-electron chi connectivity index (χ0n) is 20.3. The summed E-state index contributed by atoms with van der Waals surface area (Å²) in [6.07, 6.45) is 1.70. The minimum Gasteiger partial charge on any atom is -0.338 e. The first kappa shape index (κ1) is 24.4. The molecule has 0 radical (unpaired) electrons. The molecule has 35 heavy (non-hydrogen) atoms. The van der Waals surface area contributed by atoms with E-state index in [1.165, 1.54) is 10.7 Å². The maximum absolute atomic E-state index is 14.7. The number of amides is 2. The Morgan fingerprint density at radius 2 is 1.80 bits per heavy atom. The molecule has 2 aromatic carbocycles. The minimum absolute atomic E-state index is 0.0894. The van der Waals surface area contributed by atoms with Crippen LogP contribution in [0.15, 0.2) is 42.5 Å². The van der Waals surface area contributed by atoms with Crippen LogP contribution in [0.3, 0.4) is 0 Å². The third-order valence-electron chi connectivity index (χ3n) is 6.39. The van der Waals surface area contributed by atoms with Crippen molar-refractivity contribution in [1.29, 1.82) is 5.26 Å². The smallest absolute Gasteiger partial charge is 0.273 e. The Hall–Kier alpha value is -3.73. The zero-order chi connectivity index (χ0) is 25.2. The number of rotatable bonds is 7. The van der Waals surface area contributed by atoms with E-state index >= 15 is 0 Å². The number of benzene rings is 2. The van der Waals surface area contributed by atoms with Crippen molar-refractivity contribution < 1.29 is 14.0 Å². The van der Waals surface area contributed by atoms with Crippen LogP contribution >= 0.6 is 0 Å². The highest BCUT2D eigenvalue weighted by molar-refractivity contribution is 6.06. The van der Waals surface area contributed by atoms with Gasteiger partial charge in [0.15, 0.2) is 5.69 Å². The molecule has 0 saturated heterocycles. The fourth-order valence-corrected chi connectivity index (χ4v) is 4.51. The van der Waals surface area contributed by atoms with E-state index in [1.807, 2.05) is 45.0 Å². The molecule has 0 bridgehead atoms. The lowest BCUT2D eigenvalue weighted by molar-refractivity contribution is -0.136. The number of nitrogens with zero attached hydrogens (tertiary/aromatic N) is 4. The van der Waals surface area contributed by atoms with Crippen LogP contribution in [0.2, 0.25) is 0 Å². The summed E-state index contributed by atoms with van der Waals surface area (Å²) in [4.78, 5) is 28.7. The average Bonchev–Trinajstić information content (AvgIpc) is 3.42. The topological polar surface area (TPSA) is 91.0 Å². The molecule has 1 unspecified atom stereocenters. The van der Waals surface area contributed by atoms with Gasteiger partial charge in [0.05, 0.1) is 6.07 Å². The highest BCUT2D eigenvalue weighted by Crippen LogP contribution is 2.28. The predicted molar refractivity (Wildman–Crippen MR) is 131 cm³/mol. The second-order valence-corrected chi connectivity index (χ2v) is 10.1. The van der Waals surface area contributed by atoms with Crippen LogP contribution in [-0.2, 0) is 24.4 Å². The molecule has 2 amide bonds. The van der Waals surface area contributed by atoms with Crippen molar-refractivity contribution in [3.63, 3.8) is 0 Å². The van der Waals surface area contributed by atoms with Gasteiger partial charge in [-0.3, -0.25) is 14.3 Å². The predicted octanol–water partition coefficient (Wildman–Crippen LogP) is 4.56. The SMILES string of the molecule is CC(C)(C)C(NC(=O)c1nn(CCCCC#N)c2c(F)cccc12)C(=O)N1Cc2ccccc2C1. The summed E-state index contributed by atoms with van der Waals surface area (Å²) >= 11 is 0. The van der Waals surface area contributed by atoms with Gasteiger partial charge in [-0.2, -0.15) is 10.4 Å². The summed E-state index contributed by atoms with van der Waals surface area (Å²) in [6.45, 7) is 7.12. The third kappa shape index (κ3) is 5.04. The fraction of sp³-hybridized carbons (Fsp3) is 0.407. The van der Waals surface area contributed by atoms with Crippen LogP contribution in [-0.4, -0.2) is 32.5 Å². The summed E-state index contributed by atoms with van der Waals surface area (Å²) in [5, 5.41) is 16.5. The Balaban J connectivity index is 1.59. The monoisotopic (exact) mass is 475 g/mol. The van der Waals surface area contributed by atoms with Gasteiger partial charge in [0.2, 0.25) is 5.91 Å². The summed E-state index contributed by atoms with van der Waals surface area (Å²) in [5.41, 5.74) is 2.00. The number of nitriles is 1. The number of aromatic nitrogens is 2. The van der Waals surface area contributed by atoms with Crippen LogP contribution in [0.25, 0.3) is 10.9 Å². The van der Waals surface area contributed by atoms with Crippen molar-refractivity contribution in [2.45, 2.75) is 65.7 Å². The Morgan fingerprint density at radius 3 is 2.43 bits per heavy atom. The maximum atomic E-state index is 14.7. The van der Waals surface area contributed by atoms with E-state index < -0.39 is 23.2 Å². The van der Waals surface area contributed by atoms with Crippen molar-refractivity contribution in [2.24, 2.45) is 5.41 Å². The first-order chi connectivity index (χ1) is 16.7. The number of hydrogen-bond acceptors (Lipinski definition) is 4. The number of halogens is 1. The van der Waals surface area contributed by atoms with Gasteiger partial charge in [0.25, 0.3) is 5.91 Å². The van der Waals surface area contributed by atoms with Crippen LogP contribution in [0.1, 0.15) is 61.6 Å². The Labute approximate surface area is 204 Å². The van der Waals surface area contributed by atoms with E-state index in [0.717, 1.165) is 11.1 Å². The van der Waals surface area contributed by atoms with Gasteiger partial charge in [-0.25, -0.2) is 4.39 Å². The number of fused-ring (bicyclic) bond motifs is 2. The van der Waals surface area contributed by atoms with Crippen molar-refractivity contribution >= 4 is 22.7 Å². The minimum atomic E-state index is -0.784. The number of aryl methyl sites for hydroxylation is 1. The number of carbonyl (C=O) groups is 2. The Kier molecular flexibility index (Phi) is 6.88. The molecule has 0 saturated carbocycles. The van der Waals surface area contributed by atoms with E-state index in [9.17, 15) is 14.0 Å². The molecule has 1 aliphatic heterocycles. The average molecular weight is 476 g/mol. The number of para-hydroxylation sites is 1. The van der Waals surface area contributed by atoms with E-state index in [0.29, 0.717) is 44.3 Å². The van der Waals surface area contributed by atoms with Gasteiger partial charge < -0.3 is 10.2 Å². The highest BCUT2D eigenvalue weighted by Gasteiger charge is 2.38. The zero-order valence-corrected chi connectivity index (χ0v) is 20.3. The summed E-state index contributed by atoms with van der Waals surface area (Å²) in [6, 6.07) is 13.8. The molecular formula is C27H30FN5O2. The molecule has 1 atom stereocenters. The summed E-state index contributed by atoms with van der Waals surface area (Å²) in [5.74, 6) is -1.14. The molecule has 2 heterocycles. The lowest BCUT2D eigenvalue weighted by Crippen LogP contribution is -2.53. The van der Waals surface area contributed by atoms with Crippen LogP contribution in [0.5, 0.6) is 0 Å². The molecule has 7 nitrogen and oxygen atoms in total. The van der Waals surface area contributed by atoms with Gasteiger partial charge >= 0.3 is 0 Å². The lowest BCUT2D eigenvalue weighted by atomic mass is 9.85. The first-order valence-corrected chi connectivity index (χ1v) is 11.9. The highest BCUT2D eigenvalue weighted by atomic mass is 19.1. The first-order valence-electron chi connectivity index (χ1n) is 11.9. The third-order valence-corrected chi connectivity index (χ3v) is 6.39. The molecule has 1 aromatic heterocycles. The number of unbranched alkanes of at least 4 members (excludes halogenated alkanes) is 2. The van der Waals surface area contributed by atoms with Crippen molar-refractivity contribution in [3.8, 4) is 6.07 Å². The molecule has 182 valence electrons. The van der Waals surface area contributed by atoms with E-state index in [4.69, 9.17) is 5.26 Å². The number of hydrogen-bond donors (Lipinski definition) is 1. The standard InChI is InChI=1S/C27H30FN5O2/c1-27(2,3)24(26(35)32-16-18-10-5-6-11-19(18)17-32)30-25(34)22-20-12-9-13-21(28)23(20)33(31-22)15-8-4-7-14-29/h5-6,9-13,24H,4,7-8,15-17H2,1-3H3,(H,30,34). The van der Waals surface area contributed by atoms with Gasteiger partial charge in [0, 0.05) is 31.4 Å². The second-order valence-electron chi connectivity index (χ2n) is 10.1. The molecule has 0 spiro atoms. The molecule has 1 aliphatic rings. The van der Waals surface area contributed by atoms with Crippen molar-refractivity contribution in [1.82, 2.24) is 20.0 Å². The normalized spacial score (nSPS) is 14.0. The van der Waals surface area contributed by atoms with Crippen LogP contribution in [0.4, 0.5) is 4.39 Å². The quantitative estimate of drug-likeness (QED) is 0.508. The van der Waals surface area contributed by atoms with E-state index in [2.05, 4.69) is 16.5 Å². The van der Waals surface area contributed by atoms with Gasteiger partial charge in [-0.15, -0.1) is 0 Å². The molecule has 3 aromatic rings. The van der Waals surface area contributed by atoms with Crippen LogP contribution in [0, 0.1) is 22.6 Å². The molecule has 1 N–H and O–H groups in total. The molecule has 8 heteroatoms. The maximum Gasteiger partial charge on any atom is 0.273 e. The second kappa shape index (κ2) is 9.87. The molecule has 0 fully saturated rings. The van der Waals surface area contributed by atoms with Crippen molar-refractivity contribution in [3.05, 3.63) is 65.1 Å². The van der Waals surface area contributed by atoms with E-state index in [1.54, 1.807) is 17.0 Å². The summed E-state index contributed by atoms with van der Waals surface area (Å²) in [7, 11) is 0. The van der Waals surface area contributed by atoms with E-state index in [-0.39, 0.29) is 17.1 Å². The fourth-order valence-electron chi connectivity index (χ4n) is 4.51. The Morgan fingerprint density at radius 1 is 1.11 bits per heavy atom. The number of nitrogens with one attached hydrogen (secondary N) is 1. The molecular weight excluding hydrogens is 445 g/mol. The van der Waals surface area contributed by atoms with Gasteiger partial charge in [0.1, 0.15) is 17.4 Å². The number of carbonyl (C=O) groups excluding carboxylic acids is 2. The lowest BCUT2D eigenvalue weighted by Gasteiger charge is -2.33.